The quantitative estimate of drug-likeness (QED) is 0.902. The SMILES string of the molecule is Cc1cc(Br)cc(C)c1N1CCC(CO)C1. The summed E-state index contributed by atoms with van der Waals surface area (Å²) in [5.74, 6) is 0.447. The van der Waals surface area contributed by atoms with Crippen molar-refractivity contribution in [2.45, 2.75) is 20.3 Å². The largest absolute Gasteiger partial charge is 0.396 e. The lowest BCUT2D eigenvalue weighted by Gasteiger charge is -2.23. The topological polar surface area (TPSA) is 23.5 Å². The van der Waals surface area contributed by atoms with E-state index in [0.717, 1.165) is 24.0 Å². The lowest BCUT2D eigenvalue weighted by atomic mass is 10.1. The summed E-state index contributed by atoms with van der Waals surface area (Å²) in [4.78, 5) is 2.40. The van der Waals surface area contributed by atoms with Crippen LogP contribution in [0.1, 0.15) is 17.5 Å². The van der Waals surface area contributed by atoms with Gasteiger partial charge in [0.15, 0.2) is 0 Å². The molecule has 1 aromatic rings. The standard InChI is InChI=1S/C13H18BrNO/c1-9-5-12(14)6-10(2)13(9)15-4-3-11(7-15)8-16/h5-6,11,16H,3-4,7-8H2,1-2H3. The molecule has 1 fully saturated rings. The first kappa shape index (κ1) is 11.9. The number of hydrogen-bond acceptors (Lipinski definition) is 2. The van der Waals surface area contributed by atoms with E-state index in [2.05, 4.69) is 46.8 Å². The number of benzene rings is 1. The lowest BCUT2D eigenvalue weighted by molar-refractivity contribution is 0.238. The second kappa shape index (κ2) is 4.76. The van der Waals surface area contributed by atoms with Crippen molar-refractivity contribution in [1.29, 1.82) is 0 Å². The predicted octanol–water partition coefficient (Wildman–Crippen LogP) is 2.88. The summed E-state index contributed by atoms with van der Waals surface area (Å²) in [6.45, 7) is 6.66. The molecule has 1 N–H and O–H groups in total. The van der Waals surface area contributed by atoms with Crippen LogP contribution in [0.3, 0.4) is 0 Å². The summed E-state index contributed by atoms with van der Waals surface area (Å²) in [5.41, 5.74) is 3.97. The zero-order valence-electron chi connectivity index (χ0n) is 9.83. The fraction of sp³-hybridized carbons (Fsp3) is 0.538. The van der Waals surface area contributed by atoms with Crippen LogP contribution < -0.4 is 4.90 Å². The number of hydrogen-bond donors (Lipinski definition) is 1. The van der Waals surface area contributed by atoms with Crippen molar-refractivity contribution < 1.29 is 5.11 Å². The highest BCUT2D eigenvalue weighted by atomic mass is 79.9. The third-order valence-corrected chi connectivity index (χ3v) is 3.77. The Kier molecular flexibility index (Phi) is 3.55. The van der Waals surface area contributed by atoms with Gasteiger partial charge >= 0.3 is 0 Å². The molecular formula is C13H18BrNO. The van der Waals surface area contributed by atoms with E-state index < -0.39 is 0 Å². The molecule has 0 amide bonds. The van der Waals surface area contributed by atoms with Gasteiger partial charge in [0.2, 0.25) is 0 Å². The van der Waals surface area contributed by atoms with Crippen LogP contribution in [-0.2, 0) is 0 Å². The van der Waals surface area contributed by atoms with Gasteiger partial charge in [-0.3, -0.25) is 0 Å². The van der Waals surface area contributed by atoms with Gasteiger partial charge in [-0.2, -0.15) is 0 Å². The van der Waals surface area contributed by atoms with E-state index in [-0.39, 0.29) is 0 Å². The van der Waals surface area contributed by atoms with Crippen LogP contribution in [0.15, 0.2) is 16.6 Å². The van der Waals surface area contributed by atoms with Gasteiger partial charge in [0, 0.05) is 35.8 Å². The molecule has 1 heterocycles. The number of anilines is 1. The number of aryl methyl sites for hydroxylation is 2. The number of nitrogens with zero attached hydrogens (tertiary/aromatic N) is 1. The van der Waals surface area contributed by atoms with Crippen molar-refractivity contribution in [3.8, 4) is 0 Å². The van der Waals surface area contributed by atoms with E-state index >= 15 is 0 Å². The Morgan fingerprint density at radius 3 is 2.50 bits per heavy atom. The molecule has 0 bridgehead atoms. The van der Waals surface area contributed by atoms with Crippen LogP contribution in [-0.4, -0.2) is 24.8 Å². The molecule has 0 aliphatic carbocycles. The first-order valence-electron chi connectivity index (χ1n) is 5.74. The Hall–Kier alpha value is -0.540. The lowest BCUT2D eigenvalue weighted by Crippen LogP contribution is -2.22. The molecule has 3 heteroatoms. The van der Waals surface area contributed by atoms with Crippen molar-refractivity contribution in [1.82, 2.24) is 0 Å². The van der Waals surface area contributed by atoms with Crippen molar-refractivity contribution in [2.24, 2.45) is 5.92 Å². The minimum atomic E-state index is 0.311. The molecule has 1 aliphatic heterocycles. The van der Waals surface area contributed by atoms with Gasteiger partial charge in [-0.15, -0.1) is 0 Å². The van der Waals surface area contributed by atoms with Gasteiger partial charge in [-0.05, 0) is 43.5 Å². The minimum Gasteiger partial charge on any atom is -0.396 e. The van der Waals surface area contributed by atoms with Crippen LogP contribution in [0.5, 0.6) is 0 Å². The highest BCUT2D eigenvalue weighted by Gasteiger charge is 2.24. The summed E-state index contributed by atoms with van der Waals surface area (Å²) in [6, 6.07) is 4.32. The number of aliphatic hydroxyl groups excluding tert-OH is 1. The minimum absolute atomic E-state index is 0.311. The fourth-order valence-corrected chi connectivity index (χ4v) is 3.27. The normalized spacial score (nSPS) is 20.5. The third kappa shape index (κ3) is 2.25. The first-order valence-corrected chi connectivity index (χ1v) is 6.53. The van der Waals surface area contributed by atoms with Crippen molar-refractivity contribution >= 4 is 21.6 Å². The van der Waals surface area contributed by atoms with Crippen LogP contribution in [0, 0.1) is 19.8 Å². The molecule has 1 aromatic carbocycles. The zero-order valence-corrected chi connectivity index (χ0v) is 11.4. The highest BCUT2D eigenvalue weighted by Crippen LogP contribution is 2.32. The number of rotatable bonds is 2. The Balaban J connectivity index is 2.28. The van der Waals surface area contributed by atoms with Gasteiger partial charge in [-0.1, -0.05) is 15.9 Å². The van der Waals surface area contributed by atoms with Crippen LogP contribution in [0.2, 0.25) is 0 Å². The monoisotopic (exact) mass is 283 g/mol. The van der Waals surface area contributed by atoms with E-state index in [0.29, 0.717) is 12.5 Å². The molecule has 0 radical (unpaired) electrons. The van der Waals surface area contributed by atoms with Gasteiger partial charge in [0.05, 0.1) is 0 Å². The van der Waals surface area contributed by atoms with E-state index in [1.54, 1.807) is 0 Å². The predicted molar refractivity (Wildman–Crippen MR) is 71.0 cm³/mol. The van der Waals surface area contributed by atoms with Crippen LogP contribution in [0.25, 0.3) is 0 Å². The summed E-state index contributed by atoms with van der Waals surface area (Å²) in [5, 5.41) is 9.18. The van der Waals surface area contributed by atoms with Crippen molar-refractivity contribution in [2.75, 3.05) is 24.6 Å². The summed E-state index contributed by atoms with van der Waals surface area (Å²) < 4.78 is 1.14. The fourth-order valence-electron chi connectivity index (χ4n) is 2.59. The molecule has 1 unspecified atom stereocenters. The average Bonchev–Trinajstić information content (AvgIpc) is 2.64. The maximum atomic E-state index is 9.18. The van der Waals surface area contributed by atoms with Gasteiger partial charge in [0.25, 0.3) is 0 Å². The first-order chi connectivity index (χ1) is 7.61. The molecule has 2 rings (SSSR count). The molecule has 0 spiro atoms. The molecule has 2 nitrogen and oxygen atoms in total. The Bertz CT molecular complexity index is 369. The van der Waals surface area contributed by atoms with Gasteiger partial charge in [-0.25, -0.2) is 0 Å². The molecule has 1 aliphatic rings. The second-order valence-electron chi connectivity index (χ2n) is 4.67. The molecule has 16 heavy (non-hydrogen) atoms. The van der Waals surface area contributed by atoms with Crippen molar-refractivity contribution in [3.63, 3.8) is 0 Å². The van der Waals surface area contributed by atoms with Crippen LogP contribution in [0.4, 0.5) is 5.69 Å². The maximum absolute atomic E-state index is 9.18. The summed E-state index contributed by atoms with van der Waals surface area (Å²) >= 11 is 3.52. The molecule has 88 valence electrons. The van der Waals surface area contributed by atoms with E-state index in [9.17, 15) is 5.11 Å². The average molecular weight is 284 g/mol. The smallest absolute Gasteiger partial charge is 0.0476 e. The summed E-state index contributed by atoms with van der Waals surface area (Å²) in [7, 11) is 0. The third-order valence-electron chi connectivity index (χ3n) is 3.32. The molecule has 0 saturated carbocycles. The summed E-state index contributed by atoms with van der Waals surface area (Å²) in [6.07, 6.45) is 1.10. The molecule has 1 saturated heterocycles. The maximum Gasteiger partial charge on any atom is 0.0476 e. The van der Waals surface area contributed by atoms with Gasteiger partial charge < -0.3 is 10.0 Å². The number of aliphatic hydroxyl groups is 1. The highest BCUT2D eigenvalue weighted by molar-refractivity contribution is 9.10. The van der Waals surface area contributed by atoms with Crippen molar-refractivity contribution in [3.05, 3.63) is 27.7 Å². The number of halogens is 1. The Morgan fingerprint density at radius 1 is 1.38 bits per heavy atom. The second-order valence-corrected chi connectivity index (χ2v) is 5.59. The van der Waals surface area contributed by atoms with E-state index in [4.69, 9.17) is 0 Å². The van der Waals surface area contributed by atoms with E-state index in [1.165, 1.54) is 16.8 Å². The molecular weight excluding hydrogens is 266 g/mol. The Labute approximate surface area is 105 Å². The van der Waals surface area contributed by atoms with Gasteiger partial charge in [0.1, 0.15) is 0 Å². The molecule has 1 atom stereocenters. The van der Waals surface area contributed by atoms with E-state index in [1.807, 2.05) is 0 Å². The van der Waals surface area contributed by atoms with Crippen LogP contribution >= 0.6 is 15.9 Å². The molecule has 0 aromatic heterocycles. The Morgan fingerprint density at radius 2 is 2.00 bits per heavy atom. The zero-order chi connectivity index (χ0) is 11.7.